The van der Waals surface area contributed by atoms with E-state index in [9.17, 15) is 5.26 Å². The standard InChI is InChI=1S/C16H15BrN2/c1-12-6-3-4-7-13(12)11-19(2)16-9-5-8-15(17)14(16)10-18/h3-9H,11H2,1-2H3. The molecule has 0 aliphatic rings. The SMILES string of the molecule is Cc1ccccc1CN(C)c1cccc(Br)c1C#N. The monoisotopic (exact) mass is 314 g/mol. The van der Waals surface area contributed by atoms with Gasteiger partial charge in [-0.2, -0.15) is 5.26 Å². The third-order valence-corrected chi connectivity index (χ3v) is 3.84. The van der Waals surface area contributed by atoms with Crippen LogP contribution in [0.4, 0.5) is 5.69 Å². The van der Waals surface area contributed by atoms with Crippen LogP contribution in [0.1, 0.15) is 16.7 Å². The van der Waals surface area contributed by atoms with Gasteiger partial charge in [-0.15, -0.1) is 0 Å². The van der Waals surface area contributed by atoms with Crippen molar-refractivity contribution in [3.8, 4) is 6.07 Å². The van der Waals surface area contributed by atoms with Crippen molar-refractivity contribution >= 4 is 21.6 Å². The Morgan fingerprint density at radius 2 is 1.89 bits per heavy atom. The van der Waals surface area contributed by atoms with E-state index in [2.05, 4.69) is 46.0 Å². The van der Waals surface area contributed by atoms with Gasteiger partial charge in [-0.25, -0.2) is 0 Å². The quantitative estimate of drug-likeness (QED) is 0.846. The largest absolute Gasteiger partial charge is 0.369 e. The van der Waals surface area contributed by atoms with Gasteiger partial charge in [-0.05, 0) is 46.1 Å². The molecule has 0 unspecified atom stereocenters. The molecule has 0 radical (unpaired) electrons. The molecule has 0 aliphatic carbocycles. The summed E-state index contributed by atoms with van der Waals surface area (Å²) in [6.07, 6.45) is 0. The van der Waals surface area contributed by atoms with Gasteiger partial charge in [0.15, 0.2) is 0 Å². The molecule has 0 aromatic heterocycles. The highest BCUT2D eigenvalue weighted by molar-refractivity contribution is 9.10. The second kappa shape index (κ2) is 5.90. The second-order valence-electron chi connectivity index (χ2n) is 4.53. The maximum absolute atomic E-state index is 9.26. The third-order valence-electron chi connectivity index (χ3n) is 3.18. The molecule has 2 aromatic rings. The van der Waals surface area contributed by atoms with E-state index in [1.807, 2.05) is 37.4 Å². The molecule has 0 aliphatic heterocycles. The Bertz CT molecular complexity index is 629. The van der Waals surface area contributed by atoms with Gasteiger partial charge in [0.05, 0.1) is 11.3 Å². The minimum absolute atomic E-state index is 0.679. The molecule has 0 saturated heterocycles. The lowest BCUT2D eigenvalue weighted by Gasteiger charge is -2.22. The normalized spacial score (nSPS) is 10.0. The summed E-state index contributed by atoms with van der Waals surface area (Å²) in [6.45, 7) is 2.90. The molecule has 0 atom stereocenters. The van der Waals surface area contributed by atoms with Crippen molar-refractivity contribution in [1.82, 2.24) is 0 Å². The highest BCUT2D eigenvalue weighted by atomic mass is 79.9. The van der Waals surface area contributed by atoms with E-state index in [0.29, 0.717) is 5.56 Å². The molecule has 0 N–H and O–H groups in total. The van der Waals surface area contributed by atoms with Crippen molar-refractivity contribution in [3.63, 3.8) is 0 Å². The Hall–Kier alpha value is -1.79. The molecule has 19 heavy (non-hydrogen) atoms. The molecule has 0 fully saturated rings. The molecule has 3 heteroatoms. The predicted octanol–water partition coefficient (Wildman–Crippen LogP) is 4.27. The molecule has 96 valence electrons. The first kappa shape index (κ1) is 13.6. The molecule has 0 spiro atoms. The van der Waals surface area contributed by atoms with Crippen LogP contribution in [0, 0.1) is 18.3 Å². The Balaban J connectivity index is 2.31. The Morgan fingerprint density at radius 1 is 1.16 bits per heavy atom. The van der Waals surface area contributed by atoms with E-state index in [1.165, 1.54) is 11.1 Å². The van der Waals surface area contributed by atoms with Crippen LogP contribution in [0.2, 0.25) is 0 Å². The van der Waals surface area contributed by atoms with Gasteiger partial charge in [0.1, 0.15) is 6.07 Å². The summed E-state index contributed by atoms with van der Waals surface area (Å²) in [4.78, 5) is 2.10. The van der Waals surface area contributed by atoms with Crippen LogP contribution < -0.4 is 4.90 Å². The lowest BCUT2D eigenvalue weighted by molar-refractivity contribution is 0.911. The number of nitriles is 1. The number of aryl methyl sites for hydroxylation is 1. The number of hydrogen-bond donors (Lipinski definition) is 0. The van der Waals surface area contributed by atoms with Crippen molar-refractivity contribution in [1.29, 1.82) is 5.26 Å². The summed E-state index contributed by atoms with van der Waals surface area (Å²) in [5, 5.41) is 9.26. The molecule has 0 heterocycles. The van der Waals surface area contributed by atoms with E-state index in [1.54, 1.807) is 0 Å². The average molecular weight is 315 g/mol. The van der Waals surface area contributed by atoms with E-state index in [-0.39, 0.29) is 0 Å². The van der Waals surface area contributed by atoms with Crippen LogP contribution in [0.25, 0.3) is 0 Å². The summed E-state index contributed by atoms with van der Waals surface area (Å²) in [7, 11) is 2.01. The van der Waals surface area contributed by atoms with Gasteiger partial charge in [0, 0.05) is 18.1 Å². The fourth-order valence-electron chi connectivity index (χ4n) is 2.07. The third kappa shape index (κ3) is 2.97. The van der Waals surface area contributed by atoms with Crippen molar-refractivity contribution in [3.05, 3.63) is 63.6 Å². The Labute approximate surface area is 122 Å². The van der Waals surface area contributed by atoms with Gasteiger partial charge in [-0.3, -0.25) is 0 Å². The second-order valence-corrected chi connectivity index (χ2v) is 5.38. The van der Waals surface area contributed by atoms with Crippen LogP contribution in [-0.2, 0) is 6.54 Å². The lowest BCUT2D eigenvalue weighted by Crippen LogP contribution is -2.18. The molecule has 2 aromatic carbocycles. The summed E-state index contributed by atoms with van der Waals surface area (Å²) in [5.41, 5.74) is 4.16. The number of halogens is 1. The zero-order chi connectivity index (χ0) is 13.8. The van der Waals surface area contributed by atoms with Crippen molar-refractivity contribution in [2.45, 2.75) is 13.5 Å². The van der Waals surface area contributed by atoms with Crippen LogP contribution in [0.5, 0.6) is 0 Å². The smallest absolute Gasteiger partial charge is 0.103 e. The minimum Gasteiger partial charge on any atom is -0.369 e. The average Bonchev–Trinajstić information content (AvgIpc) is 2.41. The van der Waals surface area contributed by atoms with Crippen molar-refractivity contribution in [2.24, 2.45) is 0 Å². The highest BCUT2D eigenvalue weighted by Crippen LogP contribution is 2.27. The van der Waals surface area contributed by atoms with Gasteiger partial charge < -0.3 is 4.90 Å². The number of rotatable bonds is 3. The first-order valence-electron chi connectivity index (χ1n) is 6.07. The summed E-state index contributed by atoms with van der Waals surface area (Å²) >= 11 is 3.43. The van der Waals surface area contributed by atoms with Crippen LogP contribution in [0.3, 0.4) is 0 Å². The van der Waals surface area contributed by atoms with Crippen LogP contribution >= 0.6 is 15.9 Å². The summed E-state index contributed by atoms with van der Waals surface area (Å²) in [6, 6.07) is 16.4. The van der Waals surface area contributed by atoms with E-state index < -0.39 is 0 Å². The Morgan fingerprint density at radius 3 is 2.58 bits per heavy atom. The molecule has 0 amide bonds. The first-order chi connectivity index (χ1) is 9.13. The van der Waals surface area contributed by atoms with Crippen molar-refractivity contribution < 1.29 is 0 Å². The molecule has 2 nitrogen and oxygen atoms in total. The van der Waals surface area contributed by atoms with E-state index in [4.69, 9.17) is 0 Å². The van der Waals surface area contributed by atoms with Crippen LogP contribution in [0.15, 0.2) is 46.9 Å². The van der Waals surface area contributed by atoms with E-state index in [0.717, 1.165) is 16.7 Å². The van der Waals surface area contributed by atoms with Crippen LogP contribution in [-0.4, -0.2) is 7.05 Å². The fraction of sp³-hybridized carbons (Fsp3) is 0.188. The number of nitrogens with zero attached hydrogens (tertiary/aromatic N) is 2. The van der Waals surface area contributed by atoms with Crippen molar-refractivity contribution in [2.75, 3.05) is 11.9 Å². The van der Waals surface area contributed by atoms with Gasteiger partial charge in [0.2, 0.25) is 0 Å². The maximum Gasteiger partial charge on any atom is 0.103 e. The number of hydrogen-bond acceptors (Lipinski definition) is 2. The molecule has 0 saturated carbocycles. The molecule has 0 bridgehead atoms. The maximum atomic E-state index is 9.26. The molecular formula is C16H15BrN2. The number of benzene rings is 2. The molecular weight excluding hydrogens is 300 g/mol. The lowest BCUT2D eigenvalue weighted by atomic mass is 10.1. The predicted molar refractivity (Wildman–Crippen MR) is 82.1 cm³/mol. The highest BCUT2D eigenvalue weighted by Gasteiger charge is 2.11. The topological polar surface area (TPSA) is 27.0 Å². The van der Waals surface area contributed by atoms with E-state index >= 15 is 0 Å². The zero-order valence-electron chi connectivity index (χ0n) is 11.0. The van der Waals surface area contributed by atoms with Gasteiger partial charge in [-0.1, -0.05) is 30.3 Å². The number of anilines is 1. The zero-order valence-corrected chi connectivity index (χ0v) is 12.6. The summed E-state index contributed by atoms with van der Waals surface area (Å²) < 4.78 is 0.837. The summed E-state index contributed by atoms with van der Waals surface area (Å²) in [5.74, 6) is 0. The van der Waals surface area contributed by atoms with Gasteiger partial charge >= 0.3 is 0 Å². The molecule has 2 rings (SSSR count). The van der Waals surface area contributed by atoms with Gasteiger partial charge in [0.25, 0.3) is 0 Å². The fourth-order valence-corrected chi connectivity index (χ4v) is 2.51. The minimum atomic E-state index is 0.679. The Kier molecular flexibility index (Phi) is 4.24. The first-order valence-corrected chi connectivity index (χ1v) is 6.87.